The molecule has 1 aliphatic heterocycles. The Morgan fingerprint density at radius 2 is 2.00 bits per heavy atom. The van der Waals surface area contributed by atoms with E-state index in [0.717, 1.165) is 45.4 Å². The van der Waals surface area contributed by atoms with E-state index in [4.69, 9.17) is 0 Å². The lowest BCUT2D eigenvalue weighted by molar-refractivity contribution is 0.270. The summed E-state index contributed by atoms with van der Waals surface area (Å²) in [5, 5.41) is 4.21. The van der Waals surface area contributed by atoms with Crippen LogP contribution in [0.2, 0.25) is 0 Å². The first-order valence-electron chi connectivity index (χ1n) is 7.76. The summed E-state index contributed by atoms with van der Waals surface area (Å²) in [6, 6.07) is 0. The summed E-state index contributed by atoms with van der Waals surface area (Å²) in [4.78, 5) is 2.35. The second-order valence-corrected chi connectivity index (χ2v) is 8.33. The molecule has 0 N–H and O–H groups in total. The predicted molar refractivity (Wildman–Crippen MR) is 81.5 cm³/mol. The second kappa shape index (κ2) is 6.06. The molecule has 0 amide bonds. The molecule has 0 radical (unpaired) electrons. The maximum absolute atomic E-state index is 12.3. The first kappa shape index (κ1) is 15.0. The van der Waals surface area contributed by atoms with Gasteiger partial charge in [-0.2, -0.15) is 5.10 Å². The molecule has 0 aromatic carbocycles. The maximum Gasteiger partial charge on any atom is 0.217 e. The van der Waals surface area contributed by atoms with Crippen LogP contribution in [-0.2, 0) is 16.6 Å². The van der Waals surface area contributed by atoms with Crippen molar-refractivity contribution in [2.75, 3.05) is 32.7 Å². The fourth-order valence-electron chi connectivity index (χ4n) is 2.84. The molecule has 1 aromatic heterocycles. The highest BCUT2D eigenvalue weighted by Gasteiger charge is 2.40. The zero-order valence-electron chi connectivity index (χ0n) is 12.6. The van der Waals surface area contributed by atoms with Gasteiger partial charge in [-0.15, -0.1) is 0 Å². The van der Waals surface area contributed by atoms with Crippen molar-refractivity contribution in [1.82, 2.24) is 19.0 Å². The lowest BCUT2D eigenvalue weighted by Crippen LogP contribution is -2.37. The summed E-state index contributed by atoms with van der Waals surface area (Å²) in [5.41, 5.74) is 1.17. The number of rotatable bonds is 5. The second-order valence-electron chi connectivity index (χ2n) is 6.12. The molecule has 1 aliphatic carbocycles. The SMILES string of the molecule is Cc1cnn(CCN2CCCN(S(=O)(=O)C3CC3)CC2)c1. The van der Waals surface area contributed by atoms with E-state index in [9.17, 15) is 8.42 Å². The van der Waals surface area contributed by atoms with Crippen LogP contribution in [0, 0.1) is 6.92 Å². The lowest BCUT2D eigenvalue weighted by atomic mass is 10.4. The van der Waals surface area contributed by atoms with E-state index in [0.29, 0.717) is 13.1 Å². The van der Waals surface area contributed by atoms with Gasteiger partial charge in [0.15, 0.2) is 0 Å². The molecule has 1 saturated heterocycles. The van der Waals surface area contributed by atoms with Crippen LogP contribution >= 0.6 is 0 Å². The third-order valence-corrected chi connectivity index (χ3v) is 6.66. The Kier molecular flexibility index (Phi) is 4.33. The first-order valence-corrected chi connectivity index (χ1v) is 9.26. The Bertz CT molecular complexity index is 580. The van der Waals surface area contributed by atoms with E-state index >= 15 is 0 Å². The highest BCUT2D eigenvalue weighted by Crippen LogP contribution is 2.31. The third-order valence-electron chi connectivity index (χ3n) is 4.26. The fourth-order valence-corrected chi connectivity index (χ4v) is 4.71. The lowest BCUT2D eigenvalue weighted by Gasteiger charge is -2.21. The summed E-state index contributed by atoms with van der Waals surface area (Å²) in [7, 11) is -3.01. The number of nitrogens with zero attached hydrogens (tertiary/aromatic N) is 4. The topological polar surface area (TPSA) is 58.4 Å². The summed E-state index contributed by atoms with van der Waals surface area (Å²) in [6.45, 7) is 6.94. The van der Waals surface area contributed by atoms with E-state index in [-0.39, 0.29) is 5.25 Å². The minimum absolute atomic E-state index is 0.0869. The van der Waals surface area contributed by atoms with Crippen molar-refractivity contribution in [1.29, 1.82) is 0 Å². The molecule has 1 saturated carbocycles. The Balaban J connectivity index is 1.51. The normalized spacial score (nSPS) is 22.3. The van der Waals surface area contributed by atoms with Gasteiger partial charge in [-0.05, 0) is 38.3 Å². The average molecular weight is 312 g/mol. The van der Waals surface area contributed by atoms with E-state index in [1.165, 1.54) is 5.56 Å². The molecule has 2 fully saturated rings. The van der Waals surface area contributed by atoms with Crippen molar-refractivity contribution in [3.63, 3.8) is 0 Å². The molecular weight excluding hydrogens is 288 g/mol. The maximum atomic E-state index is 12.3. The molecule has 7 heteroatoms. The highest BCUT2D eigenvalue weighted by molar-refractivity contribution is 7.90. The molecule has 3 rings (SSSR count). The number of sulfonamides is 1. The van der Waals surface area contributed by atoms with Gasteiger partial charge in [-0.3, -0.25) is 4.68 Å². The number of aromatic nitrogens is 2. The molecule has 1 aromatic rings. The largest absolute Gasteiger partial charge is 0.300 e. The van der Waals surface area contributed by atoms with E-state index in [1.807, 2.05) is 24.0 Å². The molecule has 6 nitrogen and oxygen atoms in total. The molecule has 2 heterocycles. The van der Waals surface area contributed by atoms with Crippen LogP contribution in [-0.4, -0.2) is 65.4 Å². The zero-order valence-corrected chi connectivity index (χ0v) is 13.4. The number of hydrogen-bond acceptors (Lipinski definition) is 4. The van der Waals surface area contributed by atoms with Crippen LogP contribution in [0.25, 0.3) is 0 Å². The van der Waals surface area contributed by atoms with Gasteiger partial charge in [0.25, 0.3) is 0 Å². The van der Waals surface area contributed by atoms with Crippen molar-refractivity contribution in [3.05, 3.63) is 18.0 Å². The molecule has 2 aliphatic rings. The molecule has 118 valence electrons. The van der Waals surface area contributed by atoms with Gasteiger partial charge in [-0.1, -0.05) is 0 Å². The van der Waals surface area contributed by atoms with Crippen LogP contribution in [0.1, 0.15) is 24.8 Å². The van der Waals surface area contributed by atoms with Gasteiger partial charge in [0.2, 0.25) is 10.0 Å². The van der Waals surface area contributed by atoms with Gasteiger partial charge in [-0.25, -0.2) is 12.7 Å². The minimum Gasteiger partial charge on any atom is -0.300 e. The van der Waals surface area contributed by atoms with Gasteiger partial charge < -0.3 is 4.90 Å². The van der Waals surface area contributed by atoms with Crippen LogP contribution in [0.3, 0.4) is 0 Å². The number of aryl methyl sites for hydroxylation is 1. The van der Waals surface area contributed by atoms with Crippen molar-refractivity contribution >= 4 is 10.0 Å². The van der Waals surface area contributed by atoms with Crippen molar-refractivity contribution < 1.29 is 8.42 Å². The predicted octanol–water partition coefficient (Wildman–Crippen LogP) is 0.691. The molecule has 0 spiro atoms. The monoisotopic (exact) mass is 312 g/mol. The first-order chi connectivity index (χ1) is 10.1. The minimum atomic E-state index is -3.01. The fraction of sp³-hybridized carbons (Fsp3) is 0.786. The van der Waals surface area contributed by atoms with E-state index < -0.39 is 10.0 Å². The van der Waals surface area contributed by atoms with E-state index in [2.05, 4.69) is 10.00 Å². The smallest absolute Gasteiger partial charge is 0.217 e. The summed E-state index contributed by atoms with van der Waals surface area (Å²) in [5.74, 6) is 0. The quantitative estimate of drug-likeness (QED) is 0.803. The van der Waals surface area contributed by atoms with Crippen LogP contribution in [0.15, 0.2) is 12.4 Å². The molecule has 0 bridgehead atoms. The van der Waals surface area contributed by atoms with Crippen molar-refractivity contribution in [2.24, 2.45) is 0 Å². The average Bonchev–Trinajstić information content (AvgIpc) is 3.24. The Labute approximate surface area is 126 Å². The Hall–Kier alpha value is -0.920. The zero-order chi connectivity index (χ0) is 14.9. The molecular formula is C14H24N4O2S. The standard InChI is InChI=1S/C14H24N4O2S/c1-13-11-15-17(12-13)9-7-16-5-2-6-18(10-8-16)21(19,20)14-3-4-14/h11-12,14H,2-10H2,1H3. The summed E-state index contributed by atoms with van der Waals surface area (Å²) >= 11 is 0. The Morgan fingerprint density at radius 1 is 1.19 bits per heavy atom. The third kappa shape index (κ3) is 3.64. The van der Waals surface area contributed by atoms with Gasteiger partial charge in [0, 0.05) is 32.4 Å². The van der Waals surface area contributed by atoms with Gasteiger partial charge in [0.05, 0.1) is 18.0 Å². The van der Waals surface area contributed by atoms with Crippen LogP contribution in [0.4, 0.5) is 0 Å². The van der Waals surface area contributed by atoms with Crippen LogP contribution < -0.4 is 0 Å². The van der Waals surface area contributed by atoms with Gasteiger partial charge in [0.1, 0.15) is 0 Å². The van der Waals surface area contributed by atoms with Crippen LogP contribution in [0.5, 0.6) is 0 Å². The molecule has 21 heavy (non-hydrogen) atoms. The molecule has 0 atom stereocenters. The Morgan fingerprint density at radius 3 is 2.67 bits per heavy atom. The summed E-state index contributed by atoms with van der Waals surface area (Å²) in [6.07, 6.45) is 6.53. The van der Waals surface area contributed by atoms with Crippen molar-refractivity contribution in [2.45, 2.75) is 38.0 Å². The van der Waals surface area contributed by atoms with E-state index in [1.54, 1.807) is 4.31 Å². The summed E-state index contributed by atoms with van der Waals surface area (Å²) < 4.78 is 28.2. The molecule has 0 unspecified atom stereocenters. The highest BCUT2D eigenvalue weighted by atomic mass is 32.2. The van der Waals surface area contributed by atoms with Crippen molar-refractivity contribution in [3.8, 4) is 0 Å². The van der Waals surface area contributed by atoms with Gasteiger partial charge >= 0.3 is 0 Å². The number of hydrogen-bond donors (Lipinski definition) is 0.